The zero-order valence-electron chi connectivity index (χ0n) is 11.6. The SMILES string of the molecule is Cc1cccc(CC(C)N)c1OCC1CCCC1. The number of rotatable bonds is 5. The van der Waals surface area contributed by atoms with E-state index in [4.69, 9.17) is 10.5 Å². The van der Waals surface area contributed by atoms with Crippen molar-refractivity contribution in [3.05, 3.63) is 29.3 Å². The topological polar surface area (TPSA) is 35.2 Å². The van der Waals surface area contributed by atoms with Gasteiger partial charge in [0.1, 0.15) is 5.75 Å². The Morgan fingerprint density at radius 2 is 2.06 bits per heavy atom. The first-order valence-electron chi connectivity index (χ1n) is 7.13. The number of para-hydroxylation sites is 1. The summed E-state index contributed by atoms with van der Waals surface area (Å²) in [5.41, 5.74) is 8.39. The summed E-state index contributed by atoms with van der Waals surface area (Å²) in [6.45, 7) is 5.04. The Balaban J connectivity index is 2.04. The predicted molar refractivity (Wildman–Crippen MR) is 76.0 cm³/mol. The van der Waals surface area contributed by atoms with Crippen molar-refractivity contribution in [3.8, 4) is 5.75 Å². The molecule has 0 heterocycles. The number of ether oxygens (including phenoxy) is 1. The normalized spacial score (nSPS) is 17.9. The highest BCUT2D eigenvalue weighted by Crippen LogP contribution is 2.29. The molecule has 1 saturated carbocycles. The Bertz CT molecular complexity index is 381. The van der Waals surface area contributed by atoms with E-state index in [0.29, 0.717) is 0 Å². The third-order valence-corrected chi connectivity index (χ3v) is 3.77. The van der Waals surface area contributed by atoms with E-state index in [1.807, 2.05) is 6.92 Å². The van der Waals surface area contributed by atoms with Gasteiger partial charge in [0.05, 0.1) is 6.61 Å². The van der Waals surface area contributed by atoms with Crippen LogP contribution in [-0.4, -0.2) is 12.6 Å². The van der Waals surface area contributed by atoms with E-state index in [-0.39, 0.29) is 6.04 Å². The van der Waals surface area contributed by atoms with Crippen molar-refractivity contribution >= 4 is 0 Å². The average Bonchev–Trinajstić information content (AvgIpc) is 2.80. The Kier molecular flexibility index (Phi) is 4.65. The molecule has 18 heavy (non-hydrogen) atoms. The molecule has 1 aliphatic carbocycles. The second-order valence-corrected chi connectivity index (χ2v) is 5.71. The number of benzene rings is 1. The zero-order valence-corrected chi connectivity index (χ0v) is 11.6. The minimum Gasteiger partial charge on any atom is -0.493 e. The molecule has 0 aliphatic heterocycles. The highest BCUT2D eigenvalue weighted by atomic mass is 16.5. The lowest BCUT2D eigenvalue weighted by molar-refractivity contribution is 0.248. The number of hydrogen-bond donors (Lipinski definition) is 1. The van der Waals surface area contributed by atoms with E-state index in [1.54, 1.807) is 0 Å². The minimum atomic E-state index is 0.181. The molecule has 0 saturated heterocycles. The van der Waals surface area contributed by atoms with Gasteiger partial charge in [-0.1, -0.05) is 31.0 Å². The number of nitrogens with two attached hydrogens (primary N) is 1. The molecule has 1 fully saturated rings. The lowest BCUT2D eigenvalue weighted by Crippen LogP contribution is -2.19. The van der Waals surface area contributed by atoms with Gasteiger partial charge in [0.2, 0.25) is 0 Å². The summed E-state index contributed by atoms with van der Waals surface area (Å²) < 4.78 is 6.10. The van der Waals surface area contributed by atoms with Crippen LogP contribution in [0.1, 0.15) is 43.7 Å². The van der Waals surface area contributed by atoms with Crippen LogP contribution in [-0.2, 0) is 6.42 Å². The van der Waals surface area contributed by atoms with Gasteiger partial charge in [0.25, 0.3) is 0 Å². The first kappa shape index (κ1) is 13.4. The summed E-state index contributed by atoms with van der Waals surface area (Å²) in [5, 5.41) is 0. The molecule has 0 aromatic heterocycles. The van der Waals surface area contributed by atoms with Crippen molar-refractivity contribution in [2.45, 2.75) is 52.0 Å². The largest absolute Gasteiger partial charge is 0.493 e. The van der Waals surface area contributed by atoms with Crippen LogP contribution >= 0.6 is 0 Å². The quantitative estimate of drug-likeness (QED) is 0.865. The van der Waals surface area contributed by atoms with Crippen molar-refractivity contribution < 1.29 is 4.74 Å². The lowest BCUT2D eigenvalue weighted by atomic mass is 10.0. The van der Waals surface area contributed by atoms with Gasteiger partial charge in [-0.05, 0) is 50.2 Å². The standard InChI is InChI=1S/C16H25NO/c1-12-6-5-9-15(10-13(2)17)16(12)18-11-14-7-3-4-8-14/h5-6,9,13-14H,3-4,7-8,10-11,17H2,1-2H3. The molecule has 2 N–H and O–H groups in total. The van der Waals surface area contributed by atoms with Crippen LogP contribution in [0.25, 0.3) is 0 Å². The van der Waals surface area contributed by atoms with Gasteiger partial charge in [0.15, 0.2) is 0 Å². The maximum atomic E-state index is 6.10. The maximum absolute atomic E-state index is 6.10. The molecule has 1 aromatic carbocycles. The number of aryl methyl sites for hydroxylation is 1. The van der Waals surface area contributed by atoms with Crippen LogP contribution in [0.5, 0.6) is 5.75 Å². The van der Waals surface area contributed by atoms with Gasteiger partial charge in [-0.25, -0.2) is 0 Å². The van der Waals surface area contributed by atoms with Gasteiger partial charge in [-0.15, -0.1) is 0 Å². The highest BCUT2D eigenvalue weighted by molar-refractivity contribution is 5.41. The molecule has 1 aliphatic rings. The molecule has 2 nitrogen and oxygen atoms in total. The van der Waals surface area contributed by atoms with E-state index in [2.05, 4.69) is 25.1 Å². The minimum absolute atomic E-state index is 0.181. The molecule has 2 rings (SSSR count). The third kappa shape index (κ3) is 3.49. The monoisotopic (exact) mass is 247 g/mol. The van der Waals surface area contributed by atoms with Crippen LogP contribution in [0.4, 0.5) is 0 Å². The van der Waals surface area contributed by atoms with Crippen LogP contribution in [0.2, 0.25) is 0 Å². The molecule has 1 atom stereocenters. The Labute approximate surface area is 111 Å². The molecule has 0 radical (unpaired) electrons. The van der Waals surface area contributed by atoms with Crippen LogP contribution in [0, 0.1) is 12.8 Å². The first-order valence-corrected chi connectivity index (χ1v) is 7.13. The zero-order chi connectivity index (χ0) is 13.0. The maximum Gasteiger partial charge on any atom is 0.125 e. The Morgan fingerprint density at radius 1 is 1.33 bits per heavy atom. The second-order valence-electron chi connectivity index (χ2n) is 5.71. The van der Waals surface area contributed by atoms with E-state index in [9.17, 15) is 0 Å². The molecule has 2 heteroatoms. The molecular weight excluding hydrogens is 222 g/mol. The molecule has 0 amide bonds. The van der Waals surface area contributed by atoms with Crippen molar-refractivity contribution in [2.24, 2.45) is 11.7 Å². The van der Waals surface area contributed by atoms with Gasteiger partial charge < -0.3 is 10.5 Å². The summed E-state index contributed by atoms with van der Waals surface area (Å²) in [7, 11) is 0. The van der Waals surface area contributed by atoms with Crippen molar-refractivity contribution in [3.63, 3.8) is 0 Å². The fourth-order valence-corrected chi connectivity index (χ4v) is 2.81. The van der Waals surface area contributed by atoms with Crippen molar-refractivity contribution in [2.75, 3.05) is 6.61 Å². The summed E-state index contributed by atoms with van der Waals surface area (Å²) in [4.78, 5) is 0. The van der Waals surface area contributed by atoms with Gasteiger partial charge in [0, 0.05) is 6.04 Å². The molecule has 0 spiro atoms. The summed E-state index contributed by atoms with van der Waals surface area (Å²) in [6, 6.07) is 6.53. The van der Waals surface area contributed by atoms with E-state index >= 15 is 0 Å². The lowest BCUT2D eigenvalue weighted by Gasteiger charge is -2.17. The predicted octanol–water partition coefficient (Wildman–Crippen LogP) is 3.45. The molecule has 100 valence electrons. The Morgan fingerprint density at radius 3 is 2.72 bits per heavy atom. The molecule has 1 unspecified atom stereocenters. The van der Waals surface area contributed by atoms with Crippen molar-refractivity contribution in [1.29, 1.82) is 0 Å². The Hall–Kier alpha value is -1.02. The third-order valence-electron chi connectivity index (χ3n) is 3.77. The van der Waals surface area contributed by atoms with Gasteiger partial charge >= 0.3 is 0 Å². The van der Waals surface area contributed by atoms with Crippen LogP contribution < -0.4 is 10.5 Å². The summed E-state index contributed by atoms with van der Waals surface area (Å²) in [6.07, 6.45) is 6.29. The molecule has 1 aromatic rings. The smallest absolute Gasteiger partial charge is 0.125 e. The van der Waals surface area contributed by atoms with Crippen LogP contribution in [0.15, 0.2) is 18.2 Å². The summed E-state index contributed by atoms with van der Waals surface area (Å²) >= 11 is 0. The fraction of sp³-hybridized carbons (Fsp3) is 0.625. The number of hydrogen-bond acceptors (Lipinski definition) is 2. The fourth-order valence-electron chi connectivity index (χ4n) is 2.81. The summed E-state index contributed by atoms with van der Waals surface area (Å²) in [5.74, 6) is 1.83. The molecular formula is C16H25NO. The van der Waals surface area contributed by atoms with E-state index < -0.39 is 0 Å². The van der Waals surface area contributed by atoms with E-state index in [1.165, 1.54) is 36.8 Å². The van der Waals surface area contributed by atoms with E-state index in [0.717, 1.165) is 24.7 Å². The second kappa shape index (κ2) is 6.24. The van der Waals surface area contributed by atoms with Gasteiger partial charge in [-0.2, -0.15) is 0 Å². The average molecular weight is 247 g/mol. The highest BCUT2D eigenvalue weighted by Gasteiger charge is 2.17. The molecule has 0 bridgehead atoms. The van der Waals surface area contributed by atoms with Gasteiger partial charge in [-0.3, -0.25) is 0 Å². The first-order chi connectivity index (χ1) is 8.66. The van der Waals surface area contributed by atoms with Crippen LogP contribution in [0.3, 0.4) is 0 Å². The van der Waals surface area contributed by atoms with Crippen molar-refractivity contribution in [1.82, 2.24) is 0 Å².